The number of hydrogen-bond acceptors (Lipinski definition) is 9. The molecule has 0 aliphatic carbocycles. The highest BCUT2D eigenvalue weighted by molar-refractivity contribution is 7.46. The Morgan fingerprint density at radius 1 is 1.19 bits per heavy atom. The Bertz CT molecular complexity index is 964. The smallest absolute Gasteiger partial charge is 0.358 e. The number of nitro groups is 1. The molecule has 1 aliphatic heterocycles. The molecule has 0 unspecified atom stereocenters. The summed E-state index contributed by atoms with van der Waals surface area (Å²) in [6.45, 7) is -1.15. The predicted molar refractivity (Wildman–Crippen MR) is 97.8 cm³/mol. The van der Waals surface area contributed by atoms with Crippen molar-refractivity contribution in [3.05, 3.63) is 34.0 Å². The average Bonchev–Trinajstić information content (AvgIpc) is 3.25. The van der Waals surface area contributed by atoms with Crippen LogP contribution < -0.4 is 10.6 Å². The van der Waals surface area contributed by atoms with Crippen LogP contribution in [0.2, 0.25) is 0 Å². The molecule has 4 amide bonds. The minimum atomic E-state index is -4.91. The highest BCUT2D eigenvalue weighted by Crippen LogP contribution is 2.36. The second kappa shape index (κ2) is 10.0. The summed E-state index contributed by atoms with van der Waals surface area (Å²) in [4.78, 5) is 74.8. The number of nitrogens with one attached hydrogen (secondary N) is 2. The van der Waals surface area contributed by atoms with Crippen molar-refractivity contribution in [3.63, 3.8) is 0 Å². The first-order valence-electron chi connectivity index (χ1n) is 8.48. The van der Waals surface area contributed by atoms with Gasteiger partial charge in [-0.1, -0.05) is 5.10 Å². The summed E-state index contributed by atoms with van der Waals surface area (Å²) < 4.78 is 15.3. The van der Waals surface area contributed by atoms with E-state index in [1.54, 1.807) is 0 Å². The summed E-state index contributed by atoms with van der Waals surface area (Å²) in [6, 6.07) is 0.787. The molecule has 0 saturated carbocycles. The summed E-state index contributed by atoms with van der Waals surface area (Å²) in [5.41, 5.74) is -0.411. The standard InChI is InChI=1S/C14H17N6O10P/c21-10(3-6-18-12(22)1-2-13(18)23)15-4-5-16-14(24)9-7-11(20(25)26)19(17-9)8-30-31(27,28)29/h1-2,7H,3-6,8H2,(H,15,21)(H,16,24)(H2,27,28,29). The predicted octanol–water partition coefficient (Wildman–Crippen LogP) is -1.98. The Labute approximate surface area is 173 Å². The Hall–Kier alpha value is -3.46. The summed E-state index contributed by atoms with van der Waals surface area (Å²) in [5.74, 6) is -3.06. The molecular formula is C14H17N6O10P. The Morgan fingerprint density at radius 2 is 1.81 bits per heavy atom. The van der Waals surface area contributed by atoms with Crippen LogP contribution in [0.25, 0.3) is 0 Å². The van der Waals surface area contributed by atoms with Crippen LogP contribution in [0.1, 0.15) is 16.9 Å². The molecular weight excluding hydrogens is 443 g/mol. The molecule has 0 saturated heterocycles. The first-order chi connectivity index (χ1) is 14.5. The van der Waals surface area contributed by atoms with Gasteiger partial charge in [-0.3, -0.25) is 24.1 Å². The zero-order valence-corrected chi connectivity index (χ0v) is 16.6. The van der Waals surface area contributed by atoms with Crippen LogP contribution in [0.15, 0.2) is 18.2 Å². The van der Waals surface area contributed by atoms with E-state index in [2.05, 4.69) is 20.3 Å². The average molecular weight is 460 g/mol. The van der Waals surface area contributed by atoms with Crippen LogP contribution in [0, 0.1) is 10.1 Å². The van der Waals surface area contributed by atoms with Gasteiger partial charge < -0.3 is 30.5 Å². The first kappa shape index (κ1) is 23.8. The largest absolute Gasteiger partial charge is 0.472 e. The maximum Gasteiger partial charge on any atom is 0.472 e. The van der Waals surface area contributed by atoms with E-state index < -0.39 is 54.6 Å². The van der Waals surface area contributed by atoms with Crippen LogP contribution in [-0.4, -0.2) is 72.7 Å². The summed E-state index contributed by atoms with van der Waals surface area (Å²) in [6.07, 6.45) is 2.06. The molecule has 0 aromatic carbocycles. The molecule has 0 spiro atoms. The lowest BCUT2D eigenvalue weighted by Gasteiger charge is -2.13. The van der Waals surface area contributed by atoms with Crippen molar-refractivity contribution < 1.29 is 43.0 Å². The number of carbonyl (C=O) groups excluding carboxylic acids is 4. The number of phosphoric acid groups is 1. The van der Waals surface area contributed by atoms with Crippen molar-refractivity contribution in [1.29, 1.82) is 0 Å². The highest BCUT2D eigenvalue weighted by atomic mass is 31.2. The third-order valence-electron chi connectivity index (χ3n) is 3.72. The zero-order chi connectivity index (χ0) is 23.2. The molecule has 0 atom stereocenters. The Balaban J connectivity index is 1.78. The number of phosphoric ester groups is 1. The van der Waals surface area contributed by atoms with Crippen molar-refractivity contribution in [3.8, 4) is 0 Å². The van der Waals surface area contributed by atoms with Crippen LogP contribution >= 0.6 is 7.82 Å². The Morgan fingerprint density at radius 3 is 2.39 bits per heavy atom. The number of nitrogens with zero attached hydrogens (tertiary/aromatic N) is 4. The number of imide groups is 1. The van der Waals surface area contributed by atoms with E-state index in [0.717, 1.165) is 23.1 Å². The molecule has 1 aromatic rings. The third-order valence-corrected chi connectivity index (χ3v) is 4.17. The fourth-order valence-electron chi connectivity index (χ4n) is 2.31. The maximum absolute atomic E-state index is 12.0. The fourth-order valence-corrected chi connectivity index (χ4v) is 2.57. The SMILES string of the molecule is O=C(CCN1C(=O)C=CC1=O)NCCNC(=O)c1cc([N+](=O)[O-])n(COP(=O)(O)O)n1. The van der Waals surface area contributed by atoms with Gasteiger partial charge in [-0.2, -0.15) is 0 Å². The topological polar surface area (TPSA) is 223 Å². The molecule has 4 N–H and O–H groups in total. The van der Waals surface area contributed by atoms with Crippen LogP contribution in [0.3, 0.4) is 0 Å². The normalized spacial score (nSPS) is 13.5. The van der Waals surface area contributed by atoms with Crippen molar-refractivity contribution in [2.24, 2.45) is 0 Å². The van der Waals surface area contributed by atoms with Gasteiger partial charge in [0.1, 0.15) is 0 Å². The molecule has 0 fully saturated rings. The lowest BCUT2D eigenvalue weighted by molar-refractivity contribution is -0.393. The highest BCUT2D eigenvalue weighted by Gasteiger charge is 2.26. The van der Waals surface area contributed by atoms with E-state index in [9.17, 15) is 33.9 Å². The van der Waals surface area contributed by atoms with E-state index >= 15 is 0 Å². The summed E-state index contributed by atoms with van der Waals surface area (Å²) in [7, 11) is -4.91. The Kier molecular flexibility index (Phi) is 7.71. The lowest BCUT2D eigenvalue weighted by atomic mass is 10.3. The van der Waals surface area contributed by atoms with Gasteiger partial charge in [0.25, 0.3) is 17.7 Å². The number of amides is 4. The van der Waals surface area contributed by atoms with Gasteiger partial charge in [-0.15, -0.1) is 4.68 Å². The number of hydrogen-bond donors (Lipinski definition) is 4. The van der Waals surface area contributed by atoms with Gasteiger partial charge >= 0.3 is 13.6 Å². The van der Waals surface area contributed by atoms with Crippen molar-refractivity contribution in [2.45, 2.75) is 13.2 Å². The summed E-state index contributed by atoms with van der Waals surface area (Å²) >= 11 is 0. The van der Waals surface area contributed by atoms with Crippen LogP contribution in [0.5, 0.6) is 0 Å². The number of rotatable bonds is 11. The van der Waals surface area contributed by atoms with E-state index in [1.165, 1.54) is 0 Å². The van der Waals surface area contributed by atoms with Crippen molar-refractivity contribution >= 4 is 37.3 Å². The second-order valence-corrected chi connectivity index (χ2v) is 7.15. The second-order valence-electron chi connectivity index (χ2n) is 5.91. The van der Waals surface area contributed by atoms with E-state index in [-0.39, 0.29) is 26.1 Å². The molecule has 0 radical (unpaired) electrons. The zero-order valence-electron chi connectivity index (χ0n) is 15.7. The molecule has 168 valence electrons. The van der Waals surface area contributed by atoms with Gasteiger partial charge in [0.15, 0.2) is 5.69 Å². The molecule has 0 bridgehead atoms. The monoisotopic (exact) mass is 460 g/mol. The van der Waals surface area contributed by atoms with Gasteiger partial charge in [0.2, 0.25) is 12.6 Å². The lowest BCUT2D eigenvalue weighted by Crippen LogP contribution is -2.37. The fraction of sp³-hybridized carbons (Fsp3) is 0.357. The molecule has 17 heteroatoms. The minimum absolute atomic E-state index is 0.0190. The number of aromatic nitrogens is 2. The van der Waals surface area contributed by atoms with Gasteiger partial charge in [-0.25, -0.2) is 9.09 Å². The van der Waals surface area contributed by atoms with E-state index in [4.69, 9.17) is 9.79 Å². The molecule has 16 nitrogen and oxygen atoms in total. The van der Waals surface area contributed by atoms with Crippen molar-refractivity contribution in [1.82, 2.24) is 25.3 Å². The molecule has 31 heavy (non-hydrogen) atoms. The third kappa shape index (κ3) is 7.07. The van der Waals surface area contributed by atoms with Crippen molar-refractivity contribution in [2.75, 3.05) is 19.6 Å². The van der Waals surface area contributed by atoms with Gasteiger partial charge in [0.05, 0.1) is 6.07 Å². The molecule has 1 aliphatic rings. The van der Waals surface area contributed by atoms with Crippen LogP contribution in [0.4, 0.5) is 5.82 Å². The first-order valence-corrected chi connectivity index (χ1v) is 10.0. The summed E-state index contributed by atoms with van der Waals surface area (Å²) in [5, 5.41) is 19.3. The minimum Gasteiger partial charge on any atom is -0.358 e. The number of carbonyl (C=O) groups is 4. The van der Waals surface area contributed by atoms with Gasteiger partial charge in [0, 0.05) is 38.2 Å². The molecule has 1 aromatic heterocycles. The maximum atomic E-state index is 12.0. The molecule has 2 rings (SSSR count). The molecule has 2 heterocycles. The quantitative estimate of drug-likeness (QED) is 0.0930. The van der Waals surface area contributed by atoms with Crippen LogP contribution in [-0.2, 0) is 30.2 Å². The van der Waals surface area contributed by atoms with Gasteiger partial charge in [-0.05, 0) is 4.92 Å². The van der Waals surface area contributed by atoms with E-state index in [1.807, 2.05) is 0 Å². The van der Waals surface area contributed by atoms with E-state index in [0.29, 0.717) is 4.68 Å².